The zero-order valence-electron chi connectivity index (χ0n) is 54.4. The normalized spacial score (nSPS) is 11.2. The number of rotatable bonds is 16. The molecule has 0 saturated heterocycles. The molecule has 0 aliphatic carbocycles. The molecule has 0 saturated carbocycles. The number of nitrogens with zero attached hydrogens (tertiary/aromatic N) is 8. The summed E-state index contributed by atoms with van der Waals surface area (Å²) in [4.78, 5) is 9.26. The SMILES string of the molecule is N#Cc1ccccc1-c1ccc(-n2c3ccc(N(c4ccccc4)c4ccccc4)cc3c3cc(N(c4ccccc4)c4ccccc4)ccc32)c(-c2ccccc2C#N)c1-n1c2ccc(N(c3ccccc3)c3ccccc3)cc2c2cc(N(c3ccccc3)c3ccccc3)ccc21. The third-order valence-electron chi connectivity index (χ3n) is 18.9. The number of hydrogen-bond acceptors (Lipinski definition) is 6. The molecule has 0 atom stereocenters. The van der Waals surface area contributed by atoms with E-state index in [1.165, 1.54) is 0 Å². The van der Waals surface area contributed by atoms with Gasteiger partial charge in [-0.15, -0.1) is 0 Å². The van der Waals surface area contributed by atoms with Gasteiger partial charge in [0.05, 0.1) is 56.7 Å². The maximum atomic E-state index is 11.6. The summed E-state index contributed by atoms with van der Waals surface area (Å²) in [5.74, 6) is 0. The van der Waals surface area contributed by atoms with E-state index in [1.54, 1.807) is 0 Å². The van der Waals surface area contributed by atoms with Crippen LogP contribution in [0.2, 0.25) is 0 Å². The second kappa shape index (κ2) is 26.0. The van der Waals surface area contributed by atoms with Crippen molar-refractivity contribution in [1.82, 2.24) is 9.13 Å². The van der Waals surface area contributed by atoms with Crippen LogP contribution in [0.25, 0.3) is 77.2 Å². The van der Waals surface area contributed by atoms with Gasteiger partial charge in [0, 0.05) is 112 Å². The van der Waals surface area contributed by atoms with Gasteiger partial charge in [0.2, 0.25) is 0 Å². The van der Waals surface area contributed by atoms with Gasteiger partial charge in [0.25, 0.3) is 0 Å². The van der Waals surface area contributed by atoms with Crippen LogP contribution in [0.1, 0.15) is 11.1 Å². The van der Waals surface area contributed by atoms with Crippen LogP contribution in [0.15, 0.2) is 376 Å². The Kier molecular flexibility index (Phi) is 15.6. The van der Waals surface area contributed by atoms with Crippen LogP contribution < -0.4 is 19.6 Å². The number of benzene rings is 15. The molecule has 15 aromatic carbocycles. The first-order valence-electron chi connectivity index (χ1n) is 33.5. The molecule has 0 bridgehead atoms. The molecule has 0 fully saturated rings. The lowest BCUT2D eigenvalue weighted by atomic mass is 9.90. The van der Waals surface area contributed by atoms with Crippen molar-refractivity contribution in [3.05, 3.63) is 387 Å². The fourth-order valence-electron chi connectivity index (χ4n) is 14.6. The lowest BCUT2D eigenvalue weighted by Crippen LogP contribution is -2.10. The van der Waals surface area contributed by atoms with Crippen LogP contribution in [0.5, 0.6) is 0 Å². The first-order valence-corrected chi connectivity index (χ1v) is 33.5. The average molecular weight is 1280 g/mol. The van der Waals surface area contributed by atoms with Crippen LogP contribution in [-0.2, 0) is 0 Å². The van der Waals surface area contributed by atoms with Gasteiger partial charge in [-0.1, -0.05) is 188 Å². The number of para-hydroxylation sites is 8. The van der Waals surface area contributed by atoms with Crippen LogP contribution in [0.4, 0.5) is 68.2 Å². The second-order valence-corrected chi connectivity index (χ2v) is 24.7. The highest BCUT2D eigenvalue weighted by Crippen LogP contribution is 2.51. The van der Waals surface area contributed by atoms with Crippen molar-refractivity contribution in [2.45, 2.75) is 0 Å². The predicted octanol–water partition coefficient (Wildman–Crippen LogP) is 24.8. The van der Waals surface area contributed by atoms with Gasteiger partial charge in [-0.2, -0.15) is 10.5 Å². The van der Waals surface area contributed by atoms with Gasteiger partial charge in [-0.3, -0.25) is 0 Å². The van der Waals surface area contributed by atoms with Crippen molar-refractivity contribution in [3.8, 4) is 45.8 Å². The third kappa shape index (κ3) is 10.7. The summed E-state index contributed by atoms with van der Waals surface area (Å²) >= 11 is 0. The molecule has 0 amide bonds. The zero-order chi connectivity index (χ0) is 66.9. The van der Waals surface area contributed by atoms with Crippen molar-refractivity contribution < 1.29 is 0 Å². The molecule has 2 aromatic heterocycles. The van der Waals surface area contributed by atoms with E-state index < -0.39 is 0 Å². The van der Waals surface area contributed by atoms with Crippen LogP contribution in [0.3, 0.4) is 0 Å². The quantitative estimate of drug-likeness (QED) is 0.0960. The van der Waals surface area contributed by atoms with E-state index in [0.717, 1.165) is 145 Å². The first kappa shape index (κ1) is 59.8. The minimum Gasteiger partial charge on any atom is -0.310 e. The van der Waals surface area contributed by atoms with Gasteiger partial charge >= 0.3 is 0 Å². The summed E-state index contributed by atoms with van der Waals surface area (Å²) in [5.41, 5.74) is 21.6. The largest absolute Gasteiger partial charge is 0.310 e. The Bertz CT molecular complexity index is 5490. The summed E-state index contributed by atoms with van der Waals surface area (Å²) in [7, 11) is 0. The topological polar surface area (TPSA) is 70.4 Å². The second-order valence-electron chi connectivity index (χ2n) is 24.7. The molecule has 8 heteroatoms. The molecule has 0 N–H and O–H groups in total. The van der Waals surface area contributed by atoms with E-state index in [9.17, 15) is 10.5 Å². The highest BCUT2D eigenvalue weighted by molar-refractivity contribution is 6.16. The predicted molar refractivity (Wildman–Crippen MR) is 414 cm³/mol. The van der Waals surface area contributed by atoms with E-state index in [-0.39, 0.29) is 0 Å². The highest BCUT2D eigenvalue weighted by Gasteiger charge is 2.30. The van der Waals surface area contributed by atoms with Crippen LogP contribution in [0, 0.1) is 22.7 Å². The Balaban J connectivity index is 1.01. The highest BCUT2D eigenvalue weighted by atomic mass is 15.2. The summed E-state index contributed by atoms with van der Waals surface area (Å²) in [5, 5.41) is 27.0. The van der Waals surface area contributed by atoms with E-state index >= 15 is 0 Å². The van der Waals surface area contributed by atoms with Crippen LogP contribution in [-0.4, -0.2) is 9.13 Å². The third-order valence-corrected chi connectivity index (χ3v) is 18.9. The van der Waals surface area contributed by atoms with Gasteiger partial charge < -0.3 is 28.7 Å². The van der Waals surface area contributed by atoms with E-state index in [0.29, 0.717) is 11.1 Å². The standard InChI is InChI=1S/C92H62N8/c93-63-65-29-25-27-47-79(65)81-53-58-90(99-86-54-49-75(95(67-31-9-1-10-32-67)68-33-11-2-12-34-68)59-82(86)83-60-76(50-55-87(83)99)96(69-35-13-3-14-36-69)70-37-15-4-16-38-70)91(80-48-28-26-30-66(80)64-94)92(81)100-88-56-51-77(97(71-39-17-5-18-40-71)72-41-19-6-20-42-72)61-84(88)85-62-78(52-57-89(85)100)98(73-43-21-7-22-44-73)74-45-23-8-24-46-74/h1-62H. The summed E-state index contributed by atoms with van der Waals surface area (Å²) < 4.78 is 4.80. The van der Waals surface area contributed by atoms with Crippen molar-refractivity contribution in [3.63, 3.8) is 0 Å². The molecule has 17 aromatic rings. The molecule has 0 unspecified atom stereocenters. The van der Waals surface area contributed by atoms with Crippen molar-refractivity contribution >= 4 is 112 Å². The molecule has 470 valence electrons. The van der Waals surface area contributed by atoms with Crippen molar-refractivity contribution in [1.29, 1.82) is 10.5 Å². The molecular formula is C92H62N8. The molecule has 17 rings (SSSR count). The van der Waals surface area contributed by atoms with Gasteiger partial charge in [-0.05, 0) is 188 Å². The minimum absolute atomic E-state index is 0.497. The van der Waals surface area contributed by atoms with E-state index in [1.807, 2.05) is 36.4 Å². The Hall–Kier alpha value is -13.9. The lowest BCUT2D eigenvalue weighted by Gasteiger charge is -2.26. The lowest BCUT2D eigenvalue weighted by molar-refractivity contribution is 1.14. The Morgan fingerprint density at radius 2 is 0.460 bits per heavy atom. The fourth-order valence-corrected chi connectivity index (χ4v) is 14.6. The molecular weight excluding hydrogens is 1220 g/mol. The average Bonchev–Trinajstić information content (AvgIpc) is 1.44. The number of hydrogen-bond donors (Lipinski definition) is 0. The first-order chi connectivity index (χ1) is 49.6. The van der Waals surface area contributed by atoms with Gasteiger partial charge in [0.15, 0.2) is 0 Å². The zero-order valence-corrected chi connectivity index (χ0v) is 54.4. The summed E-state index contributed by atoms with van der Waals surface area (Å²) in [6.45, 7) is 0. The van der Waals surface area contributed by atoms with Crippen LogP contribution >= 0.6 is 0 Å². The number of nitriles is 2. The minimum atomic E-state index is 0.497. The molecule has 8 nitrogen and oxygen atoms in total. The summed E-state index contributed by atoms with van der Waals surface area (Å²) in [6.07, 6.45) is 0. The Labute approximate surface area is 580 Å². The Morgan fingerprint density at radius 1 is 0.210 bits per heavy atom. The van der Waals surface area contributed by atoms with E-state index in [2.05, 4.69) is 381 Å². The van der Waals surface area contributed by atoms with Crippen molar-refractivity contribution in [2.75, 3.05) is 19.6 Å². The molecule has 0 spiro atoms. The maximum Gasteiger partial charge on any atom is 0.0998 e. The number of fused-ring (bicyclic) bond motifs is 6. The Morgan fingerprint density at radius 3 is 0.750 bits per heavy atom. The summed E-state index contributed by atoms with van der Waals surface area (Å²) in [6, 6.07) is 137. The van der Waals surface area contributed by atoms with E-state index in [4.69, 9.17) is 0 Å². The van der Waals surface area contributed by atoms with Crippen molar-refractivity contribution in [2.24, 2.45) is 0 Å². The molecule has 0 aliphatic heterocycles. The maximum absolute atomic E-state index is 11.6. The van der Waals surface area contributed by atoms with Gasteiger partial charge in [-0.25, -0.2) is 0 Å². The monoisotopic (exact) mass is 1280 g/mol. The smallest absolute Gasteiger partial charge is 0.0998 e. The molecule has 100 heavy (non-hydrogen) atoms. The fraction of sp³-hybridized carbons (Fsp3) is 0. The molecule has 0 aliphatic rings. The molecule has 2 heterocycles. The van der Waals surface area contributed by atoms with Gasteiger partial charge in [0.1, 0.15) is 0 Å². The number of aromatic nitrogens is 2. The molecule has 0 radical (unpaired) electrons. The number of anilines is 12.